The minimum atomic E-state index is -0.998. The molecule has 102 valence electrons. The number of pyridine rings is 1. The Bertz CT molecular complexity index is 609. The van der Waals surface area contributed by atoms with Crippen LogP contribution in [0.4, 0.5) is 11.4 Å². The Balaban J connectivity index is 2.53. The molecule has 0 unspecified atom stereocenters. The van der Waals surface area contributed by atoms with Crippen LogP contribution >= 0.6 is 11.3 Å². The van der Waals surface area contributed by atoms with Crippen molar-refractivity contribution < 1.29 is 9.90 Å². The molecule has 5 nitrogen and oxygen atoms in total. The number of anilines is 2. The summed E-state index contributed by atoms with van der Waals surface area (Å²) in [6, 6.07) is 1.88. The zero-order chi connectivity index (χ0) is 14.0. The van der Waals surface area contributed by atoms with Gasteiger partial charge in [0.25, 0.3) is 0 Å². The third-order valence-electron chi connectivity index (χ3n) is 3.06. The number of fused-ring (bicyclic) bond motifs is 1. The van der Waals surface area contributed by atoms with Crippen LogP contribution in [0.5, 0.6) is 0 Å². The van der Waals surface area contributed by atoms with Gasteiger partial charge in [-0.15, -0.1) is 11.3 Å². The summed E-state index contributed by atoms with van der Waals surface area (Å²) >= 11 is 1.13. The van der Waals surface area contributed by atoms with Gasteiger partial charge in [0.1, 0.15) is 9.71 Å². The molecule has 6 heteroatoms. The van der Waals surface area contributed by atoms with Gasteiger partial charge in [0.2, 0.25) is 0 Å². The van der Waals surface area contributed by atoms with Crippen LogP contribution in [0.15, 0.2) is 12.3 Å². The number of carboxylic acid groups (broad SMARTS) is 1. The quantitative estimate of drug-likeness (QED) is 0.879. The number of nitrogens with two attached hydrogens (primary N) is 1. The predicted molar refractivity (Wildman–Crippen MR) is 79.2 cm³/mol. The molecule has 0 saturated heterocycles. The van der Waals surface area contributed by atoms with Gasteiger partial charge in [0, 0.05) is 19.8 Å². The summed E-state index contributed by atoms with van der Waals surface area (Å²) in [5, 5.41) is 9.88. The summed E-state index contributed by atoms with van der Waals surface area (Å²) in [6.07, 6.45) is 3.88. The number of rotatable bonds is 5. The smallest absolute Gasteiger partial charge is 0.348 e. The summed E-state index contributed by atoms with van der Waals surface area (Å²) in [4.78, 5) is 18.3. The lowest BCUT2D eigenvalue weighted by Gasteiger charge is -2.20. The summed E-state index contributed by atoms with van der Waals surface area (Å²) in [5.41, 5.74) is 7.23. The molecular weight excluding hydrogens is 262 g/mol. The third-order valence-corrected chi connectivity index (χ3v) is 4.16. The third kappa shape index (κ3) is 2.49. The molecular formula is C13H17N3O2S. The number of unbranched alkanes of at least 4 members (excludes halogenated alkanes) is 1. The summed E-state index contributed by atoms with van der Waals surface area (Å²) < 4.78 is 0. The summed E-state index contributed by atoms with van der Waals surface area (Å²) in [7, 11) is 1.99. The van der Waals surface area contributed by atoms with Gasteiger partial charge in [-0.2, -0.15) is 0 Å². The van der Waals surface area contributed by atoms with Crippen LogP contribution in [0.25, 0.3) is 10.2 Å². The van der Waals surface area contributed by atoms with Crippen LogP contribution in [0.2, 0.25) is 0 Å². The second kappa shape index (κ2) is 5.44. The highest BCUT2D eigenvalue weighted by Gasteiger charge is 2.19. The van der Waals surface area contributed by atoms with Crippen LogP contribution in [0, 0.1) is 0 Å². The minimum absolute atomic E-state index is 0.166. The molecule has 0 atom stereocenters. The van der Waals surface area contributed by atoms with E-state index in [1.165, 1.54) is 0 Å². The van der Waals surface area contributed by atoms with Crippen molar-refractivity contribution in [2.45, 2.75) is 19.8 Å². The molecule has 0 bridgehead atoms. The Morgan fingerprint density at radius 1 is 1.58 bits per heavy atom. The average Bonchev–Trinajstić information content (AvgIpc) is 2.73. The number of nitrogens with zero attached hydrogens (tertiary/aromatic N) is 2. The second-order valence-electron chi connectivity index (χ2n) is 4.44. The van der Waals surface area contributed by atoms with Crippen LogP contribution in [0.1, 0.15) is 29.4 Å². The molecule has 0 spiro atoms. The van der Waals surface area contributed by atoms with Gasteiger partial charge < -0.3 is 15.7 Å². The molecule has 0 amide bonds. The van der Waals surface area contributed by atoms with E-state index >= 15 is 0 Å². The van der Waals surface area contributed by atoms with Crippen LogP contribution < -0.4 is 10.6 Å². The number of aromatic nitrogens is 1. The largest absolute Gasteiger partial charge is 0.477 e. The fourth-order valence-corrected chi connectivity index (χ4v) is 2.94. The van der Waals surface area contributed by atoms with Crippen molar-refractivity contribution in [1.29, 1.82) is 0 Å². The highest BCUT2D eigenvalue weighted by Crippen LogP contribution is 2.38. The van der Waals surface area contributed by atoms with Crippen LogP contribution in [-0.2, 0) is 0 Å². The van der Waals surface area contributed by atoms with Crippen molar-refractivity contribution in [2.24, 2.45) is 0 Å². The van der Waals surface area contributed by atoms with E-state index in [1.54, 1.807) is 6.20 Å². The number of hydrogen-bond acceptors (Lipinski definition) is 5. The lowest BCUT2D eigenvalue weighted by molar-refractivity contribution is 0.0703. The maximum absolute atomic E-state index is 11.1. The van der Waals surface area contributed by atoms with Crippen molar-refractivity contribution in [1.82, 2.24) is 4.98 Å². The van der Waals surface area contributed by atoms with Gasteiger partial charge in [-0.05, 0) is 12.5 Å². The van der Waals surface area contributed by atoms with Gasteiger partial charge in [-0.25, -0.2) is 9.78 Å². The first kappa shape index (κ1) is 13.6. The maximum Gasteiger partial charge on any atom is 0.348 e. The molecule has 0 aromatic carbocycles. The molecule has 0 fully saturated rings. The molecule has 3 N–H and O–H groups in total. The van der Waals surface area contributed by atoms with E-state index < -0.39 is 5.97 Å². The van der Waals surface area contributed by atoms with Crippen molar-refractivity contribution in [3.63, 3.8) is 0 Å². The highest BCUT2D eigenvalue weighted by atomic mass is 32.1. The molecule has 2 rings (SSSR count). The van der Waals surface area contributed by atoms with Gasteiger partial charge in [0.15, 0.2) is 0 Å². The number of aromatic carboxylic acids is 1. The van der Waals surface area contributed by atoms with Gasteiger partial charge in [0.05, 0.1) is 16.8 Å². The predicted octanol–water partition coefficient (Wildman–Crippen LogP) is 2.81. The topological polar surface area (TPSA) is 79.5 Å². The number of thiophene rings is 1. The summed E-state index contributed by atoms with van der Waals surface area (Å²) in [5.74, 6) is -0.998. The van der Waals surface area contributed by atoms with E-state index in [0.717, 1.165) is 41.8 Å². The van der Waals surface area contributed by atoms with Crippen molar-refractivity contribution in [3.05, 3.63) is 17.1 Å². The van der Waals surface area contributed by atoms with Crippen LogP contribution in [-0.4, -0.2) is 29.7 Å². The molecule has 2 aromatic heterocycles. The molecule has 19 heavy (non-hydrogen) atoms. The number of carbonyl (C=O) groups is 1. The number of nitrogen functional groups attached to an aromatic ring is 1. The monoisotopic (exact) mass is 279 g/mol. The number of hydrogen-bond donors (Lipinski definition) is 2. The molecule has 0 saturated carbocycles. The Morgan fingerprint density at radius 2 is 2.32 bits per heavy atom. The lowest BCUT2D eigenvalue weighted by atomic mass is 10.2. The van der Waals surface area contributed by atoms with E-state index in [4.69, 9.17) is 10.8 Å². The fourth-order valence-electron chi connectivity index (χ4n) is 2.02. The van der Waals surface area contributed by atoms with Crippen LogP contribution in [0.3, 0.4) is 0 Å². The van der Waals surface area contributed by atoms with E-state index in [-0.39, 0.29) is 4.88 Å². The molecule has 0 aliphatic heterocycles. The minimum Gasteiger partial charge on any atom is -0.477 e. The molecule has 0 radical (unpaired) electrons. The first-order valence-electron chi connectivity index (χ1n) is 6.17. The Hall–Kier alpha value is -1.82. The van der Waals surface area contributed by atoms with Gasteiger partial charge in [-0.3, -0.25) is 0 Å². The van der Waals surface area contributed by atoms with Crippen molar-refractivity contribution >= 4 is 38.9 Å². The standard InChI is InChI=1S/C13H17N3O2S/c1-3-4-7-16(2)8-5-6-15-12-9(8)10(14)11(19-12)13(17)18/h5-6H,3-4,7,14H2,1-2H3,(H,17,18). The average molecular weight is 279 g/mol. The first-order valence-corrected chi connectivity index (χ1v) is 6.99. The molecule has 0 aliphatic rings. The summed E-state index contributed by atoms with van der Waals surface area (Å²) in [6.45, 7) is 3.05. The van der Waals surface area contributed by atoms with E-state index in [1.807, 2.05) is 13.1 Å². The number of carboxylic acids is 1. The normalized spacial score (nSPS) is 10.8. The highest BCUT2D eigenvalue weighted by molar-refractivity contribution is 7.21. The SMILES string of the molecule is CCCCN(C)c1ccnc2sc(C(=O)O)c(N)c12. The molecule has 2 aromatic rings. The van der Waals surface area contributed by atoms with E-state index in [9.17, 15) is 4.79 Å². The Morgan fingerprint density at radius 3 is 2.95 bits per heavy atom. The van der Waals surface area contributed by atoms with Crippen molar-refractivity contribution in [3.8, 4) is 0 Å². The Labute approximate surface area is 115 Å². The molecule has 0 aliphatic carbocycles. The first-order chi connectivity index (χ1) is 9.06. The lowest BCUT2D eigenvalue weighted by Crippen LogP contribution is -2.18. The zero-order valence-corrected chi connectivity index (χ0v) is 11.8. The van der Waals surface area contributed by atoms with E-state index in [2.05, 4.69) is 16.8 Å². The fraction of sp³-hybridized carbons (Fsp3) is 0.385. The Kier molecular flexibility index (Phi) is 3.90. The van der Waals surface area contributed by atoms with E-state index in [0.29, 0.717) is 10.5 Å². The van der Waals surface area contributed by atoms with Crippen molar-refractivity contribution in [2.75, 3.05) is 24.2 Å². The molecule has 2 heterocycles. The zero-order valence-electron chi connectivity index (χ0n) is 11.0. The maximum atomic E-state index is 11.1. The van der Waals surface area contributed by atoms with Gasteiger partial charge >= 0.3 is 5.97 Å². The second-order valence-corrected chi connectivity index (χ2v) is 5.43. The van der Waals surface area contributed by atoms with Gasteiger partial charge in [-0.1, -0.05) is 13.3 Å².